The first-order valence-corrected chi connectivity index (χ1v) is 10.7. The second-order valence-electron chi connectivity index (χ2n) is 7.24. The molecular weight excluding hydrogens is 503 g/mol. The summed E-state index contributed by atoms with van der Waals surface area (Å²) < 4.78 is 5.54. The van der Waals surface area contributed by atoms with Crippen LogP contribution in [0.25, 0.3) is 0 Å². The SMILES string of the molecule is CCNC(=NCCCc1ccccc1Cl)N1CCN(C(=O)C2CCCO2)CC1.I. The van der Waals surface area contributed by atoms with E-state index in [4.69, 9.17) is 21.3 Å². The number of ether oxygens (including phenoxy) is 1. The van der Waals surface area contributed by atoms with Crippen molar-refractivity contribution in [3.8, 4) is 0 Å². The van der Waals surface area contributed by atoms with E-state index in [0.717, 1.165) is 75.9 Å². The van der Waals surface area contributed by atoms with Gasteiger partial charge in [0.1, 0.15) is 6.10 Å². The molecule has 1 N–H and O–H groups in total. The van der Waals surface area contributed by atoms with Crippen LogP contribution in [-0.2, 0) is 16.0 Å². The summed E-state index contributed by atoms with van der Waals surface area (Å²) in [7, 11) is 0. The third-order valence-corrected chi connectivity index (χ3v) is 5.62. The number of benzene rings is 1. The van der Waals surface area contributed by atoms with Crippen LogP contribution < -0.4 is 5.32 Å². The first-order chi connectivity index (χ1) is 13.7. The number of amides is 1. The molecule has 2 saturated heterocycles. The topological polar surface area (TPSA) is 57.2 Å². The van der Waals surface area contributed by atoms with E-state index in [9.17, 15) is 4.79 Å². The van der Waals surface area contributed by atoms with E-state index in [2.05, 4.69) is 23.2 Å². The van der Waals surface area contributed by atoms with Crippen LogP contribution in [0.2, 0.25) is 5.02 Å². The molecule has 0 aliphatic carbocycles. The minimum Gasteiger partial charge on any atom is -0.368 e. The summed E-state index contributed by atoms with van der Waals surface area (Å²) in [6.07, 6.45) is 3.50. The van der Waals surface area contributed by atoms with Crippen molar-refractivity contribution in [1.29, 1.82) is 0 Å². The highest BCUT2D eigenvalue weighted by atomic mass is 127. The molecule has 2 aliphatic heterocycles. The average Bonchev–Trinajstić information content (AvgIpc) is 3.26. The first kappa shape index (κ1) is 24.2. The number of guanidine groups is 1. The molecule has 1 amide bonds. The van der Waals surface area contributed by atoms with Gasteiger partial charge < -0.3 is 19.9 Å². The summed E-state index contributed by atoms with van der Waals surface area (Å²) in [6.45, 7) is 7.42. The van der Waals surface area contributed by atoms with Gasteiger partial charge in [0, 0.05) is 50.9 Å². The summed E-state index contributed by atoms with van der Waals surface area (Å²) in [5.41, 5.74) is 1.17. The maximum Gasteiger partial charge on any atom is 0.251 e. The molecule has 0 aromatic heterocycles. The third kappa shape index (κ3) is 7.00. The minimum absolute atomic E-state index is 0. The molecule has 1 aromatic carbocycles. The van der Waals surface area contributed by atoms with Crippen molar-refractivity contribution < 1.29 is 9.53 Å². The van der Waals surface area contributed by atoms with Crippen LogP contribution in [0.3, 0.4) is 0 Å². The van der Waals surface area contributed by atoms with Crippen molar-refractivity contribution >= 4 is 47.4 Å². The van der Waals surface area contributed by atoms with Crippen LogP contribution in [0.4, 0.5) is 0 Å². The van der Waals surface area contributed by atoms with Gasteiger partial charge in [-0.15, -0.1) is 24.0 Å². The predicted molar refractivity (Wildman–Crippen MR) is 128 cm³/mol. The summed E-state index contributed by atoms with van der Waals surface area (Å²) in [5, 5.41) is 4.21. The van der Waals surface area contributed by atoms with Gasteiger partial charge in [0.25, 0.3) is 5.91 Å². The fourth-order valence-corrected chi connectivity index (χ4v) is 3.93. The van der Waals surface area contributed by atoms with Crippen LogP contribution in [0, 0.1) is 0 Å². The van der Waals surface area contributed by atoms with Gasteiger partial charge in [-0.3, -0.25) is 9.79 Å². The van der Waals surface area contributed by atoms with Crippen molar-refractivity contribution in [2.45, 2.75) is 38.7 Å². The van der Waals surface area contributed by atoms with Crippen LogP contribution in [0.1, 0.15) is 31.7 Å². The lowest BCUT2D eigenvalue weighted by Crippen LogP contribution is -2.55. The molecule has 0 bridgehead atoms. The normalized spacial score (nSPS) is 19.8. The molecule has 6 nitrogen and oxygen atoms in total. The Bertz CT molecular complexity index is 674. The molecule has 2 aliphatic rings. The quantitative estimate of drug-likeness (QED) is 0.264. The molecule has 8 heteroatoms. The Morgan fingerprint density at radius 1 is 1.24 bits per heavy atom. The van der Waals surface area contributed by atoms with Gasteiger partial charge in [0.05, 0.1) is 0 Å². The number of rotatable bonds is 6. The van der Waals surface area contributed by atoms with Crippen molar-refractivity contribution in [1.82, 2.24) is 15.1 Å². The number of aliphatic imine (C=N–C) groups is 1. The molecule has 0 radical (unpaired) electrons. The van der Waals surface area contributed by atoms with E-state index >= 15 is 0 Å². The van der Waals surface area contributed by atoms with E-state index in [1.807, 2.05) is 23.1 Å². The van der Waals surface area contributed by atoms with E-state index in [1.165, 1.54) is 5.56 Å². The lowest BCUT2D eigenvalue weighted by atomic mass is 10.1. The molecule has 162 valence electrons. The first-order valence-electron chi connectivity index (χ1n) is 10.4. The smallest absolute Gasteiger partial charge is 0.251 e. The number of aryl methyl sites for hydroxylation is 1. The zero-order valence-electron chi connectivity index (χ0n) is 17.1. The fraction of sp³-hybridized carbons (Fsp3) is 0.619. The van der Waals surface area contributed by atoms with Crippen molar-refractivity contribution in [2.24, 2.45) is 4.99 Å². The van der Waals surface area contributed by atoms with Crippen molar-refractivity contribution in [3.05, 3.63) is 34.9 Å². The molecule has 2 heterocycles. The maximum absolute atomic E-state index is 12.5. The molecule has 1 aromatic rings. The largest absolute Gasteiger partial charge is 0.368 e. The van der Waals surface area contributed by atoms with E-state index in [-0.39, 0.29) is 36.0 Å². The molecule has 3 rings (SSSR count). The zero-order valence-corrected chi connectivity index (χ0v) is 20.2. The van der Waals surface area contributed by atoms with Gasteiger partial charge in [-0.1, -0.05) is 29.8 Å². The van der Waals surface area contributed by atoms with Gasteiger partial charge in [-0.2, -0.15) is 0 Å². The summed E-state index contributed by atoms with van der Waals surface area (Å²) in [4.78, 5) is 21.5. The van der Waals surface area contributed by atoms with Crippen LogP contribution in [0.5, 0.6) is 0 Å². The molecule has 1 atom stereocenters. The number of carbonyl (C=O) groups is 1. The lowest BCUT2D eigenvalue weighted by Gasteiger charge is -2.37. The standard InChI is InChI=1S/C21H31ClN4O2.HI/c1-2-23-21(24-11-5-8-17-7-3-4-9-18(17)22)26-14-12-25(13-15-26)20(27)19-10-6-16-28-19;/h3-4,7,9,19H,2,5-6,8,10-16H2,1H3,(H,23,24);1H. The van der Waals surface area contributed by atoms with Gasteiger partial charge in [0.15, 0.2) is 5.96 Å². The third-order valence-electron chi connectivity index (χ3n) is 5.25. The monoisotopic (exact) mass is 534 g/mol. The molecule has 2 fully saturated rings. The van der Waals surface area contributed by atoms with Crippen LogP contribution in [0.15, 0.2) is 29.3 Å². The van der Waals surface area contributed by atoms with Gasteiger partial charge in [-0.05, 0) is 44.2 Å². The molecule has 0 saturated carbocycles. The number of hydrogen-bond donors (Lipinski definition) is 1. The van der Waals surface area contributed by atoms with Crippen LogP contribution >= 0.6 is 35.6 Å². The Balaban J connectivity index is 0.00000300. The average molecular weight is 535 g/mol. The number of piperazine rings is 1. The Labute approximate surface area is 196 Å². The van der Waals surface area contributed by atoms with Crippen LogP contribution in [-0.4, -0.2) is 73.6 Å². The van der Waals surface area contributed by atoms with Gasteiger partial charge >= 0.3 is 0 Å². The number of hydrogen-bond acceptors (Lipinski definition) is 3. The summed E-state index contributed by atoms with van der Waals surface area (Å²) in [6, 6.07) is 7.98. The Morgan fingerprint density at radius 2 is 1.97 bits per heavy atom. The van der Waals surface area contributed by atoms with E-state index < -0.39 is 0 Å². The Hall–Kier alpha value is -1.06. The van der Waals surface area contributed by atoms with Crippen molar-refractivity contribution in [2.75, 3.05) is 45.9 Å². The van der Waals surface area contributed by atoms with Gasteiger partial charge in [-0.25, -0.2) is 0 Å². The lowest BCUT2D eigenvalue weighted by molar-refractivity contribution is -0.142. The number of nitrogens with one attached hydrogen (secondary N) is 1. The highest BCUT2D eigenvalue weighted by Crippen LogP contribution is 2.17. The number of carbonyl (C=O) groups excluding carboxylic acids is 1. The summed E-state index contributed by atoms with van der Waals surface area (Å²) in [5.74, 6) is 1.09. The number of halogens is 2. The molecule has 0 spiro atoms. The molecular formula is C21H32ClIN4O2. The maximum atomic E-state index is 12.5. The predicted octanol–water partition coefficient (Wildman–Crippen LogP) is 3.18. The fourth-order valence-electron chi connectivity index (χ4n) is 3.70. The van der Waals surface area contributed by atoms with Gasteiger partial charge in [0.2, 0.25) is 0 Å². The van der Waals surface area contributed by atoms with E-state index in [0.29, 0.717) is 6.61 Å². The Morgan fingerprint density at radius 3 is 2.62 bits per heavy atom. The zero-order chi connectivity index (χ0) is 19.8. The molecule has 1 unspecified atom stereocenters. The van der Waals surface area contributed by atoms with Crippen molar-refractivity contribution in [3.63, 3.8) is 0 Å². The highest BCUT2D eigenvalue weighted by molar-refractivity contribution is 14.0. The Kier molecular flexibility index (Phi) is 10.5. The molecule has 29 heavy (non-hydrogen) atoms. The minimum atomic E-state index is -0.224. The second kappa shape index (κ2) is 12.6. The van der Waals surface area contributed by atoms with E-state index in [1.54, 1.807) is 0 Å². The summed E-state index contributed by atoms with van der Waals surface area (Å²) >= 11 is 6.23. The second-order valence-corrected chi connectivity index (χ2v) is 7.65. The number of nitrogens with zero attached hydrogens (tertiary/aromatic N) is 3. The highest BCUT2D eigenvalue weighted by Gasteiger charge is 2.30.